The molecular weight excluding hydrogens is 246 g/mol. The molecular formula is C18H27NO. The Morgan fingerprint density at radius 1 is 1.30 bits per heavy atom. The van der Waals surface area contributed by atoms with E-state index in [2.05, 4.69) is 17.9 Å². The van der Waals surface area contributed by atoms with Crippen molar-refractivity contribution in [1.29, 1.82) is 0 Å². The van der Waals surface area contributed by atoms with Crippen molar-refractivity contribution in [1.82, 2.24) is 4.90 Å². The molecule has 1 aromatic rings. The smallest absolute Gasteiger partial charge is 0.115 e. The van der Waals surface area contributed by atoms with Crippen LogP contribution in [0.25, 0.3) is 0 Å². The number of likely N-dealkylation sites (tertiary alicyclic amines) is 1. The van der Waals surface area contributed by atoms with Gasteiger partial charge in [0.2, 0.25) is 0 Å². The van der Waals surface area contributed by atoms with Crippen LogP contribution in [0.15, 0.2) is 24.3 Å². The molecule has 2 fully saturated rings. The minimum absolute atomic E-state index is 0.335. The molecule has 1 saturated heterocycles. The summed E-state index contributed by atoms with van der Waals surface area (Å²) in [6, 6.07) is 8.08. The highest BCUT2D eigenvalue weighted by Crippen LogP contribution is 2.49. The fourth-order valence-corrected chi connectivity index (χ4v) is 4.53. The summed E-state index contributed by atoms with van der Waals surface area (Å²) in [5, 5.41) is 9.86. The van der Waals surface area contributed by atoms with Crippen molar-refractivity contribution in [3.8, 4) is 5.75 Å². The molecule has 1 aliphatic heterocycles. The molecule has 1 aliphatic carbocycles. The second-order valence-electron chi connectivity index (χ2n) is 6.70. The summed E-state index contributed by atoms with van der Waals surface area (Å²) in [5.41, 5.74) is 1.72. The van der Waals surface area contributed by atoms with Crippen molar-refractivity contribution in [3.05, 3.63) is 29.8 Å². The van der Waals surface area contributed by atoms with E-state index in [9.17, 15) is 5.11 Å². The van der Waals surface area contributed by atoms with E-state index in [-0.39, 0.29) is 0 Å². The average molecular weight is 273 g/mol. The fourth-order valence-electron chi connectivity index (χ4n) is 4.53. The van der Waals surface area contributed by atoms with Gasteiger partial charge in [-0.25, -0.2) is 0 Å². The quantitative estimate of drug-likeness (QED) is 0.902. The van der Waals surface area contributed by atoms with Crippen LogP contribution in [0.3, 0.4) is 0 Å². The number of fused-ring (bicyclic) bond motifs is 1. The van der Waals surface area contributed by atoms with Crippen molar-refractivity contribution in [2.24, 2.45) is 5.92 Å². The minimum atomic E-state index is 0.335. The van der Waals surface area contributed by atoms with Gasteiger partial charge in [-0.2, -0.15) is 0 Å². The lowest BCUT2D eigenvalue weighted by atomic mass is 9.59. The van der Waals surface area contributed by atoms with Gasteiger partial charge in [-0.15, -0.1) is 0 Å². The molecule has 0 aromatic heterocycles. The lowest BCUT2D eigenvalue weighted by molar-refractivity contribution is 0.0563. The van der Waals surface area contributed by atoms with Crippen molar-refractivity contribution < 1.29 is 5.11 Å². The molecule has 2 aliphatic rings. The summed E-state index contributed by atoms with van der Waals surface area (Å²) >= 11 is 0. The Morgan fingerprint density at radius 3 is 3.00 bits per heavy atom. The number of aromatic hydroxyl groups is 1. The highest BCUT2D eigenvalue weighted by Gasteiger charge is 2.45. The van der Waals surface area contributed by atoms with E-state index in [1.54, 1.807) is 6.07 Å². The van der Waals surface area contributed by atoms with E-state index in [0.29, 0.717) is 11.2 Å². The summed E-state index contributed by atoms with van der Waals surface area (Å²) in [7, 11) is 0. The Balaban J connectivity index is 1.88. The van der Waals surface area contributed by atoms with Gasteiger partial charge in [0.05, 0.1) is 0 Å². The Hall–Kier alpha value is -1.02. The second kappa shape index (κ2) is 5.77. The number of hydrogen-bond acceptors (Lipinski definition) is 2. The van der Waals surface area contributed by atoms with Crippen LogP contribution < -0.4 is 0 Å². The van der Waals surface area contributed by atoms with Crippen LogP contribution in [0.2, 0.25) is 0 Å². The Labute approximate surface area is 122 Å². The minimum Gasteiger partial charge on any atom is -0.508 e. The Morgan fingerprint density at radius 2 is 2.20 bits per heavy atom. The van der Waals surface area contributed by atoms with E-state index < -0.39 is 0 Å². The van der Waals surface area contributed by atoms with Gasteiger partial charge < -0.3 is 10.0 Å². The van der Waals surface area contributed by atoms with Gasteiger partial charge in [0, 0.05) is 12.0 Å². The summed E-state index contributed by atoms with van der Waals surface area (Å²) in [6.07, 6.45) is 7.91. The van der Waals surface area contributed by atoms with Crippen molar-refractivity contribution in [2.75, 3.05) is 19.6 Å². The number of phenols is 1. The van der Waals surface area contributed by atoms with Crippen LogP contribution in [0.1, 0.15) is 51.0 Å². The molecule has 1 aromatic carbocycles. The Kier molecular flexibility index (Phi) is 4.02. The Bertz CT molecular complexity index is 458. The van der Waals surface area contributed by atoms with Crippen LogP contribution in [-0.2, 0) is 5.41 Å². The molecule has 1 heterocycles. The van der Waals surface area contributed by atoms with Crippen LogP contribution in [0.4, 0.5) is 0 Å². The standard InChI is InChI=1S/C18H27NO/c1-2-11-19-12-10-18(9-4-3-6-16(18)14-19)15-7-5-8-17(20)13-15/h5,7-8,13,16,20H,2-4,6,9-12,14H2,1H3/t16-,18-/m1/s1. The largest absolute Gasteiger partial charge is 0.508 e. The molecule has 0 amide bonds. The van der Waals surface area contributed by atoms with Crippen molar-refractivity contribution in [3.63, 3.8) is 0 Å². The first-order valence-electron chi connectivity index (χ1n) is 8.26. The summed E-state index contributed by atoms with van der Waals surface area (Å²) in [6.45, 7) is 5.99. The fraction of sp³-hybridized carbons (Fsp3) is 0.667. The number of hydrogen-bond donors (Lipinski definition) is 1. The molecule has 110 valence electrons. The number of nitrogens with zero attached hydrogens (tertiary/aromatic N) is 1. The zero-order valence-electron chi connectivity index (χ0n) is 12.6. The third-order valence-corrected chi connectivity index (χ3v) is 5.52. The monoisotopic (exact) mass is 273 g/mol. The van der Waals surface area contributed by atoms with Crippen molar-refractivity contribution >= 4 is 0 Å². The average Bonchev–Trinajstić information content (AvgIpc) is 2.47. The molecule has 2 nitrogen and oxygen atoms in total. The predicted octanol–water partition coefficient (Wildman–Crippen LogP) is 3.94. The van der Waals surface area contributed by atoms with Gasteiger partial charge >= 0.3 is 0 Å². The maximum Gasteiger partial charge on any atom is 0.115 e. The van der Waals surface area contributed by atoms with Gasteiger partial charge in [0.25, 0.3) is 0 Å². The summed E-state index contributed by atoms with van der Waals surface area (Å²) in [5.74, 6) is 1.20. The summed E-state index contributed by atoms with van der Waals surface area (Å²) < 4.78 is 0. The topological polar surface area (TPSA) is 23.5 Å². The molecule has 0 radical (unpaired) electrons. The van der Waals surface area contributed by atoms with E-state index >= 15 is 0 Å². The molecule has 2 heteroatoms. The normalized spacial score (nSPS) is 30.9. The van der Waals surface area contributed by atoms with Crippen molar-refractivity contribution in [2.45, 2.75) is 50.9 Å². The highest BCUT2D eigenvalue weighted by atomic mass is 16.3. The third-order valence-electron chi connectivity index (χ3n) is 5.52. The predicted molar refractivity (Wildman–Crippen MR) is 83.1 cm³/mol. The second-order valence-corrected chi connectivity index (χ2v) is 6.70. The van der Waals surface area contributed by atoms with Crippen LogP contribution in [-0.4, -0.2) is 29.6 Å². The molecule has 0 spiro atoms. The highest BCUT2D eigenvalue weighted by molar-refractivity contribution is 5.35. The third kappa shape index (κ3) is 2.46. The maximum atomic E-state index is 9.86. The van der Waals surface area contributed by atoms with Gasteiger partial charge in [-0.3, -0.25) is 0 Å². The number of phenolic OH excluding ortho intramolecular Hbond substituents is 1. The lowest BCUT2D eigenvalue weighted by Crippen LogP contribution is -2.51. The van der Waals surface area contributed by atoms with Gasteiger partial charge in [-0.05, 0) is 62.4 Å². The lowest BCUT2D eigenvalue weighted by Gasteiger charge is -2.51. The number of piperidine rings is 1. The van der Waals surface area contributed by atoms with Gasteiger partial charge in [0.15, 0.2) is 0 Å². The van der Waals surface area contributed by atoms with Crippen LogP contribution in [0, 0.1) is 5.92 Å². The SMILES string of the molecule is CCCN1CC[C@@]2(c3cccc(O)c3)CCCC[C@@H]2C1. The molecule has 1 N–H and O–H groups in total. The maximum absolute atomic E-state index is 9.86. The molecule has 2 atom stereocenters. The number of rotatable bonds is 3. The molecule has 0 unspecified atom stereocenters. The zero-order valence-corrected chi connectivity index (χ0v) is 12.6. The van der Waals surface area contributed by atoms with E-state index in [1.165, 1.54) is 63.7 Å². The van der Waals surface area contributed by atoms with E-state index in [4.69, 9.17) is 0 Å². The molecule has 1 saturated carbocycles. The first-order chi connectivity index (χ1) is 9.74. The van der Waals surface area contributed by atoms with E-state index in [1.807, 2.05) is 12.1 Å². The molecule has 3 rings (SSSR count). The molecule has 0 bridgehead atoms. The van der Waals surface area contributed by atoms with Gasteiger partial charge in [-0.1, -0.05) is 31.9 Å². The van der Waals surface area contributed by atoms with E-state index in [0.717, 1.165) is 5.92 Å². The molecule has 20 heavy (non-hydrogen) atoms. The zero-order chi connectivity index (χ0) is 14.0. The van der Waals surface area contributed by atoms with Gasteiger partial charge in [0.1, 0.15) is 5.75 Å². The number of benzene rings is 1. The first-order valence-corrected chi connectivity index (χ1v) is 8.26. The first kappa shape index (κ1) is 13.9. The van der Waals surface area contributed by atoms with Crippen LogP contribution >= 0.6 is 0 Å². The summed E-state index contributed by atoms with van der Waals surface area (Å²) in [4.78, 5) is 2.65. The van der Waals surface area contributed by atoms with Crippen LogP contribution in [0.5, 0.6) is 5.75 Å².